The molecular weight excluding hydrogens is 324 g/mol. The topological polar surface area (TPSA) is 35.5 Å². The lowest BCUT2D eigenvalue weighted by Crippen LogP contribution is -2.10. The van der Waals surface area contributed by atoms with Crippen LogP contribution in [0.2, 0.25) is 0 Å². The zero-order valence-electron chi connectivity index (χ0n) is 15.9. The fraction of sp³-hybridized carbons (Fsp3) is 0.348. The van der Waals surface area contributed by atoms with Crippen molar-refractivity contribution in [2.24, 2.45) is 17.3 Å². The third-order valence-corrected chi connectivity index (χ3v) is 4.96. The lowest BCUT2D eigenvalue weighted by molar-refractivity contribution is -0.147. The van der Waals surface area contributed by atoms with Crippen molar-refractivity contribution < 1.29 is 14.3 Å². The average molecular weight is 350 g/mol. The van der Waals surface area contributed by atoms with E-state index < -0.39 is 0 Å². The van der Waals surface area contributed by atoms with E-state index in [1.54, 1.807) is 0 Å². The van der Waals surface area contributed by atoms with Gasteiger partial charge in [0.25, 0.3) is 0 Å². The van der Waals surface area contributed by atoms with Gasteiger partial charge in [0.15, 0.2) is 0 Å². The van der Waals surface area contributed by atoms with Crippen LogP contribution in [0.15, 0.2) is 66.2 Å². The minimum absolute atomic E-state index is 0.0122. The van der Waals surface area contributed by atoms with Crippen LogP contribution in [0, 0.1) is 17.3 Å². The molecule has 0 aliphatic heterocycles. The van der Waals surface area contributed by atoms with Crippen molar-refractivity contribution >= 4 is 5.97 Å². The number of esters is 1. The third-order valence-electron chi connectivity index (χ3n) is 4.96. The molecule has 2 aromatic rings. The number of benzene rings is 2. The first-order valence-corrected chi connectivity index (χ1v) is 9.01. The Morgan fingerprint density at radius 2 is 1.62 bits per heavy atom. The van der Waals surface area contributed by atoms with Crippen LogP contribution in [0.1, 0.15) is 33.3 Å². The summed E-state index contributed by atoms with van der Waals surface area (Å²) in [6.07, 6.45) is 2.18. The summed E-state index contributed by atoms with van der Waals surface area (Å²) in [5, 5.41) is 0. The minimum atomic E-state index is -0.109. The number of carbonyl (C=O) groups is 1. The van der Waals surface area contributed by atoms with Gasteiger partial charge >= 0.3 is 5.97 Å². The predicted molar refractivity (Wildman–Crippen MR) is 103 cm³/mol. The van der Waals surface area contributed by atoms with Gasteiger partial charge in [-0.05, 0) is 55.0 Å². The molecule has 0 unspecified atom stereocenters. The van der Waals surface area contributed by atoms with Gasteiger partial charge in [-0.2, -0.15) is 0 Å². The van der Waals surface area contributed by atoms with Crippen LogP contribution in [-0.4, -0.2) is 5.97 Å². The van der Waals surface area contributed by atoms with E-state index in [4.69, 9.17) is 9.47 Å². The molecule has 0 aromatic heterocycles. The minimum Gasteiger partial charge on any atom is -0.461 e. The molecule has 2 atom stereocenters. The largest absolute Gasteiger partial charge is 0.461 e. The summed E-state index contributed by atoms with van der Waals surface area (Å²) in [5.74, 6) is 1.69. The van der Waals surface area contributed by atoms with Gasteiger partial charge in [0.2, 0.25) is 0 Å². The molecule has 0 bridgehead atoms. The molecule has 3 rings (SSSR count). The summed E-state index contributed by atoms with van der Waals surface area (Å²) in [7, 11) is 0. The van der Waals surface area contributed by atoms with Crippen molar-refractivity contribution in [3.05, 3.63) is 71.8 Å². The quantitative estimate of drug-likeness (QED) is 0.491. The van der Waals surface area contributed by atoms with Gasteiger partial charge in [0.05, 0.1) is 5.92 Å². The Bertz CT molecular complexity index is 784. The molecule has 1 saturated carbocycles. The molecule has 3 nitrogen and oxygen atoms in total. The highest BCUT2D eigenvalue weighted by Crippen LogP contribution is 2.59. The number of allylic oxidation sites excluding steroid dienone is 2. The summed E-state index contributed by atoms with van der Waals surface area (Å²) in [6, 6.07) is 17.3. The second kappa shape index (κ2) is 7.36. The highest BCUT2D eigenvalue weighted by Gasteiger charge is 2.61. The van der Waals surface area contributed by atoms with Crippen molar-refractivity contribution in [2.45, 2.75) is 34.3 Å². The highest BCUT2D eigenvalue weighted by atomic mass is 16.5. The average Bonchev–Trinajstić information content (AvgIpc) is 3.14. The van der Waals surface area contributed by atoms with Crippen molar-refractivity contribution in [3.63, 3.8) is 0 Å². The summed E-state index contributed by atoms with van der Waals surface area (Å²) in [6.45, 7) is 8.67. The van der Waals surface area contributed by atoms with Gasteiger partial charge < -0.3 is 9.47 Å². The van der Waals surface area contributed by atoms with Crippen LogP contribution in [-0.2, 0) is 16.1 Å². The van der Waals surface area contributed by atoms with Crippen molar-refractivity contribution in [1.82, 2.24) is 0 Å². The molecule has 2 aromatic carbocycles. The summed E-state index contributed by atoms with van der Waals surface area (Å²) in [4.78, 5) is 12.4. The Labute approximate surface area is 155 Å². The van der Waals surface area contributed by atoms with Crippen molar-refractivity contribution in [3.8, 4) is 11.5 Å². The van der Waals surface area contributed by atoms with Crippen LogP contribution < -0.4 is 4.74 Å². The standard InChI is InChI=1S/C23H26O3/c1-16(2)14-20-21(23(20,3)4)22(24)25-15-17-10-12-19(13-11-17)26-18-8-6-5-7-9-18/h5-14,20-21H,15H2,1-4H3/t20-,21+/m1/s1. The molecule has 3 heteroatoms. The molecular formula is C23H26O3. The number of ether oxygens (including phenoxy) is 2. The molecule has 1 fully saturated rings. The monoisotopic (exact) mass is 350 g/mol. The van der Waals surface area contributed by atoms with E-state index in [0.29, 0.717) is 6.61 Å². The van der Waals surface area contributed by atoms with Crippen LogP contribution in [0.25, 0.3) is 0 Å². The molecule has 0 N–H and O–H groups in total. The smallest absolute Gasteiger partial charge is 0.310 e. The first-order valence-electron chi connectivity index (χ1n) is 9.01. The second-order valence-corrected chi connectivity index (χ2v) is 7.74. The molecule has 1 aliphatic rings. The fourth-order valence-electron chi connectivity index (χ4n) is 3.32. The van der Waals surface area contributed by atoms with Gasteiger partial charge in [-0.25, -0.2) is 0 Å². The van der Waals surface area contributed by atoms with Gasteiger partial charge in [0, 0.05) is 0 Å². The zero-order chi connectivity index (χ0) is 18.7. The van der Waals surface area contributed by atoms with E-state index in [2.05, 4.69) is 33.8 Å². The van der Waals surface area contributed by atoms with Gasteiger partial charge in [-0.3, -0.25) is 4.79 Å². The molecule has 136 valence electrons. The third kappa shape index (κ3) is 4.16. The number of hydrogen-bond acceptors (Lipinski definition) is 3. The van der Waals surface area contributed by atoms with E-state index in [-0.39, 0.29) is 23.2 Å². The Balaban J connectivity index is 1.54. The maximum atomic E-state index is 12.4. The van der Waals surface area contributed by atoms with Crippen LogP contribution in [0.4, 0.5) is 0 Å². The van der Waals surface area contributed by atoms with Gasteiger partial charge in [-0.15, -0.1) is 0 Å². The number of carbonyl (C=O) groups excluding carboxylic acids is 1. The van der Waals surface area contributed by atoms with Crippen LogP contribution in [0.3, 0.4) is 0 Å². The summed E-state index contributed by atoms with van der Waals surface area (Å²) in [5.41, 5.74) is 2.19. The van der Waals surface area contributed by atoms with E-state index in [0.717, 1.165) is 17.1 Å². The SMILES string of the molecule is CC(C)=C[C@@H]1[C@@H](C(=O)OCc2ccc(Oc3ccccc3)cc2)C1(C)C. The number of rotatable bonds is 6. The zero-order valence-corrected chi connectivity index (χ0v) is 15.9. The Morgan fingerprint density at radius 1 is 1.00 bits per heavy atom. The van der Waals surface area contributed by atoms with Crippen LogP contribution in [0.5, 0.6) is 11.5 Å². The second-order valence-electron chi connectivity index (χ2n) is 7.74. The molecule has 0 saturated heterocycles. The highest BCUT2D eigenvalue weighted by molar-refractivity contribution is 5.78. The van der Waals surface area contributed by atoms with E-state index >= 15 is 0 Å². The molecule has 0 spiro atoms. The summed E-state index contributed by atoms with van der Waals surface area (Å²) >= 11 is 0. The van der Waals surface area contributed by atoms with Gasteiger partial charge in [-0.1, -0.05) is 55.8 Å². The molecule has 1 aliphatic carbocycles. The Morgan fingerprint density at radius 3 is 2.23 bits per heavy atom. The van der Waals surface area contributed by atoms with Crippen molar-refractivity contribution in [1.29, 1.82) is 0 Å². The normalized spacial score (nSPS) is 20.2. The maximum Gasteiger partial charge on any atom is 0.310 e. The number of hydrogen-bond donors (Lipinski definition) is 0. The van der Waals surface area contributed by atoms with E-state index in [1.165, 1.54) is 5.57 Å². The van der Waals surface area contributed by atoms with Crippen molar-refractivity contribution in [2.75, 3.05) is 0 Å². The first kappa shape index (κ1) is 18.2. The Kier molecular flexibility index (Phi) is 5.17. The number of para-hydroxylation sites is 1. The lowest BCUT2D eigenvalue weighted by atomic mass is 10.1. The molecule has 0 radical (unpaired) electrons. The first-order chi connectivity index (χ1) is 12.4. The maximum absolute atomic E-state index is 12.4. The van der Waals surface area contributed by atoms with Gasteiger partial charge in [0.1, 0.15) is 18.1 Å². The molecule has 0 heterocycles. The Hall–Kier alpha value is -2.55. The molecule has 0 amide bonds. The van der Waals surface area contributed by atoms with E-state index in [1.807, 2.05) is 54.6 Å². The summed E-state index contributed by atoms with van der Waals surface area (Å²) < 4.78 is 11.3. The van der Waals surface area contributed by atoms with Crippen LogP contribution >= 0.6 is 0 Å². The lowest BCUT2D eigenvalue weighted by Gasteiger charge is -2.08. The fourth-order valence-corrected chi connectivity index (χ4v) is 3.32. The predicted octanol–water partition coefficient (Wildman–Crippen LogP) is 5.76. The van der Waals surface area contributed by atoms with E-state index in [9.17, 15) is 4.79 Å². The molecule has 26 heavy (non-hydrogen) atoms.